The van der Waals surface area contributed by atoms with Gasteiger partial charge in [-0.25, -0.2) is 4.79 Å². The van der Waals surface area contributed by atoms with E-state index in [-0.39, 0.29) is 36.5 Å². The van der Waals surface area contributed by atoms with Crippen LogP contribution in [0.4, 0.5) is 0 Å². The van der Waals surface area contributed by atoms with Crippen molar-refractivity contribution >= 4 is 11.9 Å². The number of esters is 1. The second-order valence-electron chi connectivity index (χ2n) is 10.7. The molecule has 0 saturated heterocycles. The number of aliphatic carboxylic acids is 1. The Hall–Kier alpha value is -2.68. The van der Waals surface area contributed by atoms with Gasteiger partial charge in [-0.1, -0.05) is 57.2 Å². The number of carboxylic acids is 1. The summed E-state index contributed by atoms with van der Waals surface area (Å²) in [4.78, 5) is 24.1. The van der Waals surface area contributed by atoms with E-state index in [9.17, 15) is 24.9 Å². The van der Waals surface area contributed by atoms with E-state index >= 15 is 0 Å². The minimum Gasteiger partial charge on any atom is -0.481 e. The number of benzene rings is 1. The highest BCUT2D eigenvalue weighted by Gasteiger charge is 2.43. The molecule has 4 N–H and O–H groups in total. The second-order valence-corrected chi connectivity index (χ2v) is 10.7. The Morgan fingerprint density at radius 1 is 1.11 bits per heavy atom. The third-order valence-electron chi connectivity index (χ3n) is 7.27. The van der Waals surface area contributed by atoms with Crippen LogP contribution in [0.15, 0.2) is 54.1 Å². The number of carbonyl (C=O) groups excluding carboxylic acids is 1. The molecule has 204 valence electrons. The topological polar surface area (TPSA) is 134 Å². The SMILES string of the molecule is CC(C)C(Oc1ccccc1)C(=O)O[C@H]1C[C@H](O)C=C2C=C[C@H](C)[C@H](CC[C@@H](O)C[C@@H](O)CC(=O)O)[C@H]21. The highest BCUT2D eigenvalue weighted by atomic mass is 16.6. The zero-order valence-electron chi connectivity index (χ0n) is 21.8. The quantitative estimate of drug-likeness (QED) is 0.310. The predicted molar refractivity (Wildman–Crippen MR) is 138 cm³/mol. The molecule has 37 heavy (non-hydrogen) atoms. The van der Waals surface area contributed by atoms with Gasteiger partial charge in [-0.15, -0.1) is 0 Å². The smallest absolute Gasteiger partial charge is 0.347 e. The van der Waals surface area contributed by atoms with Gasteiger partial charge >= 0.3 is 11.9 Å². The normalized spacial score (nSPS) is 27.5. The van der Waals surface area contributed by atoms with E-state index in [4.69, 9.17) is 14.6 Å². The van der Waals surface area contributed by atoms with E-state index in [1.165, 1.54) is 0 Å². The van der Waals surface area contributed by atoms with Crippen molar-refractivity contribution < 1.29 is 39.5 Å². The molecule has 0 fully saturated rings. The average Bonchev–Trinajstić information content (AvgIpc) is 2.81. The molecule has 0 aliphatic heterocycles. The lowest BCUT2D eigenvalue weighted by molar-refractivity contribution is -0.165. The molecular formula is C29H40O8. The Morgan fingerprint density at radius 2 is 1.81 bits per heavy atom. The molecule has 8 nitrogen and oxygen atoms in total. The first-order valence-corrected chi connectivity index (χ1v) is 13.1. The summed E-state index contributed by atoms with van der Waals surface area (Å²) in [7, 11) is 0. The highest BCUT2D eigenvalue weighted by Crippen LogP contribution is 2.44. The number of rotatable bonds is 12. The van der Waals surface area contributed by atoms with Gasteiger partial charge in [0.25, 0.3) is 0 Å². The number of allylic oxidation sites excluding steroid dienone is 2. The van der Waals surface area contributed by atoms with Gasteiger partial charge in [-0.05, 0) is 48.8 Å². The number of hydrogen-bond donors (Lipinski definition) is 4. The summed E-state index contributed by atoms with van der Waals surface area (Å²) in [5.74, 6) is -1.14. The molecule has 0 bridgehead atoms. The minimum absolute atomic E-state index is 0.0133. The van der Waals surface area contributed by atoms with E-state index < -0.39 is 48.9 Å². The molecule has 0 aromatic heterocycles. The molecule has 1 aromatic rings. The van der Waals surface area contributed by atoms with Crippen LogP contribution < -0.4 is 4.74 Å². The van der Waals surface area contributed by atoms with Crippen LogP contribution in [0.5, 0.6) is 5.75 Å². The maximum absolute atomic E-state index is 13.3. The fourth-order valence-electron chi connectivity index (χ4n) is 5.41. The van der Waals surface area contributed by atoms with Crippen molar-refractivity contribution in [3.63, 3.8) is 0 Å². The molecule has 1 aromatic carbocycles. The number of ether oxygens (including phenoxy) is 2. The summed E-state index contributed by atoms with van der Waals surface area (Å²) in [5.41, 5.74) is 0.908. The Morgan fingerprint density at radius 3 is 2.46 bits per heavy atom. The van der Waals surface area contributed by atoms with E-state index in [1.807, 2.05) is 38.1 Å². The summed E-state index contributed by atoms with van der Waals surface area (Å²) in [6, 6.07) is 9.12. The number of hydrogen-bond acceptors (Lipinski definition) is 7. The van der Waals surface area contributed by atoms with E-state index in [0.717, 1.165) is 5.57 Å². The Balaban J connectivity index is 1.72. The number of fused-ring (bicyclic) bond motifs is 1. The van der Waals surface area contributed by atoms with Gasteiger partial charge < -0.3 is 29.9 Å². The molecule has 0 saturated carbocycles. The van der Waals surface area contributed by atoms with Gasteiger partial charge in [0.05, 0.1) is 24.7 Å². The van der Waals surface area contributed by atoms with Crippen LogP contribution in [-0.2, 0) is 14.3 Å². The average molecular weight is 517 g/mol. The first-order valence-electron chi connectivity index (χ1n) is 13.1. The van der Waals surface area contributed by atoms with Crippen LogP contribution >= 0.6 is 0 Å². The molecule has 0 radical (unpaired) electrons. The van der Waals surface area contributed by atoms with Crippen LogP contribution in [0, 0.1) is 23.7 Å². The van der Waals surface area contributed by atoms with Crippen molar-refractivity contribution in [3.8, 4) is 5.75 Å². The van der Waals surface area contributed by atoms with Crippen LogP contribution in [0.3, 0.4) is 0 Å². The lowest BCUT2D eigenvalue weighted by Crippen LogP contribution is -2.45. The third-order valence-corrected chi connectivity index (χ3v) is 7.27. The first kappa shape index (κ1) is 28.9. The number of carbonyl (C=O) groups is 2. The van der Waals surface area contributed by atoms with Crippen LogP contribution in [0.2, 0.25) is 0 Å². The van der Waals surface area contributed by atoms with Gasteiger partial charge in [0.1, 0.15) is 11.9 Å². The van der Waals surface area contributed by atoms with Crippen molar-refractivity contribution in [3.05, 3.63) is 54.1 Å². The predicted octanol–water partition coefficient (Wildman–Crippen LogP) is 3.50. The number of aliphatic hydroxyl groups is 3. The maximum atomic E-state index is 13.3. The van der Waals surface area contributed by atoms with Crippen LogP contribution in [0.25, 0.3) is 0 Å². The Labute approximate surface area is 218 Å². The fourth-order valence-corrected chi connectivity index (χ4v) is 5.41. The van der Waals surface area contributed by atoms with Crippen LogP contribution in [-0.4, -0.2) is 62.9 Å². The maximum Gasteiger partial charge on any atom is 0.347 e. The van der Waals surface area contributed by atoms with Crippen molar-refractivity contribution in [2.24, 2.45) is 23.7 Å². The minimum atomic E-state index is -1.11. The molecule has 2 aliphatic rings. The summed E-state index contributed by atoms with van der Waals surface area (Å²) < 4.78 is 12.0. The molecule has 0 amide bonds. The summed E-state index contributed by atoms with van der Waals surface area (Å²) in [6.45, 7) is 5.86. The molecule has 8 atom stereocenters. The Kier molecular flexibility index (Phi) is 10.3. The summed E-state index contributed by atoms with van der Waals surface area (Å²) >= 11 is 0. The number of para-hydroxylation sites is 1. The van der Waals surface area contributed by atoms with Gasteiger partial charge in [0, 0.05) is 18.3 Å². The summed E-state index contributed by atoms with van der Waals surface area (Å²) in [5, 5.41) is 39.7. The van der Waals surface area contributed by atoms with Crippen LogP contribution in [0.1, 0.15) is 52.9 Å². The zero-order chi connectivity index (χ0) is 27.1. The van der Waals surface area contributed by atoms with Crippen molar-refractivity contribution in [1.29, 1.82) is 0 Å². The molecule has 2 aliphatic carbocycles. The zero-order valence-corrected chi connectivity index (χ0v) is 21.8. The third kappa shape index (κ3) is 8.15. The standard InChI is InChI=1S/C29H40O8/c1-17(2)28(36-23-7-5-4-6-8-23)29(35)37-25-15-21(31)13-19-10-9-18(3)24(27(19)25)12-11-20(30)14-22(32)16-26(33)34/h4-10,13,17-18,20-22,24-25,27-28,30-32H,11-12,14-16H2,1-3H3,(H,33,34)/t18-,20+,21+,22+,24-,25-,27-,28?/m0/s1. The van der Waals surface area contributed by atoms with Gasteiger partial charge in [0.15, 0.2) is 6.10 Å². The lowest BCUT2D eigenvalue weighted by Gasteiger charge is -2.43. The van der Waals surface area contributed by atoms with E-state index in [1.54, 1.807) is 18.2 Å². The van der Waals surface area contributed by atoms with Gasteiger partial charge in [-0.2, -0.15) is 0 Å². The van der Waals surface area contributed by atoms with E-state index in [2.05, 4.69) is 13.0 Å². The highest BCUT2D eigenvalue weighted by molar-refractivity contribution is 5.75. The summed E-state index contributed by atoms with van der Waals surface area (Å²) in [6.07, 6.45) is 2.59. The molecule has 0 heterocycles. The largest absolute Gasteiger partial charge is 0.481 e. The van der Waals surface area contributed by atoms with Crippen molar-refractivity contribution in [2.45, 2.75) is 83.4 Å². The molecule has 1 unspecified atom stereocenters. The van der Waals surface area contributed by atoms with Crippen molar-refractivity contribution in [2.75, 3.05) is 0 Å². The first-order chi connectivity index (χ1) is 17.5. The monoisotopic (exact) mass is 516 g/mol. The van der Waals surface area contributed by atoms with Gasteiger partial charge in [-0.3, -0.25) is 4.79 Å². The lowest BCUT2D eigenvalue weighted by atomic mass is 9.66. The number of aliphatic hydroxyl groups excluding tert-OH is 3. The fraction of sp³-hybridized carbons (Fsp3) is 0.586. The van der Waals surface area contributed by atoms with E-state index in [0.29, 0.717) is 18.6 Å². The molecule has 8 heteroatoms. The molecule has 0 spiro atoms. The second kappa shape index (κ2) is 13.2. The van der Waals surface area contributed by atoms with Gasteiger partial charge in [0.2, 0.25) is 0 Å². The van der Waals surface area contributed by atoms with Crippen molar-refractivity contribution in [1.82, 2.24) is 0 Å². The molecular weight excluding hydrogens is 476 g/mol. The Bertz CT molecular complexity index is 956. The number of carboxylic acid groups (broad SMARTS) is 1. The molecule has 3 rings (SSSR count).